The van der Waals surface area contributed by atoms with Crippen LogP contribution in [-0.4, -0.2) is 13.0 Å². The molecule has 0 bridgehead atoms. The van der Waals surface area contributed by atoms with Crippen molar-refractivity contribution in [1.29, 1.82) is 0 Å². The number of aryl methyl sites for hydroxylation is 1. The summed E-state index contributed by atoms with van der Waals surface area (Å²) < 4.78 is 33.7. The van der Waals surface area contributed by atoms with Crippen LogP contribution >= 0.6 is 0 Å². The van der Waals surface area contributed by atoms with E-state index in [4.69, 9.17) is 11.5 Å². The summed E-state index contributed by atoms with van der Waals surface area (Å²) in [6.07, 6.45) is 0. The molecule has 43 heavy (non-hydrogen) atoms. The van der Waals surface area contributed by atoms with Gasteiger partial charge in [-0.2, -0.15) is 18.6 Å². The standard InChI is InChI=1S/C33H26N6O3S/c1-20-18-29(32(34)27-8-4-2-6-25(20)27)38-36-23-14-10-21(11-15-23)22-12-16-24(17-13-22)37-39-30-19-31(43(40,41)42)26-7-3-5-9-28(26)33(30)35/h2-19H,34-35H2,1H3,(H,40,41,42)/b38-36+,39-37+. The average molecular weight is 587 g/mol. The van der Waals surface area contributed by atoms with Crippen molar-refractivity contribution in [2.75, 3.05) is 11.5 Å². The van der Waals surface area contributed by atoms with Gasteiger partial charge >= 0.3 is 0 Å². The third kappa shape index (κ3) is 5.56. The molecule has 6 rings (SSSR count). The number of nitrogen functional groups attached to an aromatic ring is 2. The maximum Gasteiger partial charge on any atom is 0.295 e. The SMILES string of the molecule is Cc1cc(/N=N/c2ccc(-c3ccc(/N=N/c4cc(S(=O)(=O)O)c5ccccc5c4N)cc3)cc2)c(N)c2ccccc12. The lowest BCUT2D eigenvalue weighted by atomic mass is 10.0. The van der Waals surface area contributed by atoms with Crippen molar-refractivity contribution in [2.45, 2.75) is 11.8 Å². The molecule has 5 N–H and O–H groups in total. The fraction of sp³-hybridized carbons (Fsp3) is 0.0303. The number of benzene rings is 6. The first-order chi connectivity index (χ1) is 20.7. The fourth-order valence-corrected chi connectivity index (χ4v) is 5.67. The molecule has 0 atom stereocenters. The summed E-state index contributed by atoms with van der Waals surface area (Å²) >= 11 is 0. The van der Waals surface area contributed by atoms with Crippen LogP contribution in [0.25, 0.3) is 32.7 Å². The zero-order chi connectivity index (χ0) is 30.1. The van der Waals surface area contributed by atoms with Gasteiger partial charge in [0.1, 0.15) is 16.3 Å². The van der Waals surface area contributed by atoms with E-state index in [0.717, 1.165) is 27.5 Å². The fourth-order valence-electron chi connectivity index (χ4n) is 4.95. The van der Waals surface area contributed by atoms with Gasteiger partial charge in [-0.1, -0.05) is 72.8 Å². The van der Waals surface area contributed by atoms with Crippen LogP contribution in [0.2, 0.25) is 0 Å². The highest BCUT2D eigenvalue weighted by Crippen LogP contribution is 2.37. The predicted octanol–water partition coefficient (Wildman–Crippen LogP) is 9.21. The normalized spacial score (nSPS) is 12.1. The number of rotatable bonds is 6. The smallest absolute Gasteiger partial charge is 0.295 e. The summed E-state index contributed by atoms with van der Waals surface area (Å²) in [5.74, 6) is 0. The first-order valence-corrected chi connectivity index (χ1v) is 14.7. The monoisotopic (exact) mass is 586 g/mol. The Morgan fingerprint density at radius 3 is 1.47 bits per heavy atom. The Morgan fingerprint density at radius 2 is 0.977 bits per heavy atom. The van der Waals surface area contributed by atoms with E-state index in [-0.39, 0.29) is 16.3 Å². The highest BCUT2D eigenvalue weighted by atomic mass is 32.2. The van der Waals surface area contributed by atoms with Crippen LogP contribution in [0.5, 0.6) is 0 Å². The molecule has 0 amide bonds. The first kappa shape index (κ1) is 27.7. The quantitative estimate of drug-likeness (QED) is 0.101. The second kappa shape index (κ2) is 11.1. The van der Waals surface area contributed by atoms with Crippen LogP contribution in [0.4, 0.5) is 34.1 Å². The second-order valence-electron chi connectivity index (χ2n) is 9.99. The van der Waals surface area contributed by atoms with Crippen molar-refractivity contribution in [3.63, 3.8) is 0 Å². The van der Waals surface area contributed by atoms with Gasteiger partial charge in [-0.3, -0.25) is 4.55 Å². The Kier molecular flexibility index (Phi) is 7.14. The van der Waals surface area contributed by atoms with Gasteiger partial charge in [-0.25, -0.2) is 0 Å². The maximum absolute atomic E-state index is 12.0. The molecule has 0 saturated heterocycles. The van der Waals surface area contributed by atoms with E-state index < -0.39 is 10.1 Å². The van der Waals surface area contributed by atoms with Gasteiger partial charge in [0.15, 0.2) is 0 Å². The molecule has 212 valence electrons. The minimum absolute atomic E-state index is 0.140. The molecule has 0 aromatic heterocycles. The predicted molar refractivity (Wildman–Crippen MR) is 172 cm³/mol. The Morgan fingerprint density at radius 1 is 0.558 bits per heavy atom. The number of azo groups is 2. The van der Waals surface area contributed by atoms with Crippen molar-refractivity contribution in [1.82, 2.24) is 0 Å². The summed E-state index contributed by atoms with van der Waals surface area (Å²) in [6.45, 7) is 2.03. The highest BCUT2D eigenvalue weighted by molar-refractivity contribution is 7.86. The molecular formula is C33H26N6O3S. The molecule has 0 aliphatic carbocycles. The molecule has 10 heteroatoms. The summed E-state index contributed by atoms with van der Waals surface area (Å²) in [6, 6.07) is 32.8. The molecule has 0 saturated carbocycles. The Hall–Kier alpha value is -5.45. The third-order valence-corrected chi connectivity index (χ3v) is 8.08. The maximum atomic E-state index is 12.0. The first-order valence-electron chi connectivity index (χ1n) is 13.3. The molecule has 0 fully saturated rings. The van der Waals surface area contributed by atoms with Crippen LogP contribution in [-0.2, 0) is 10.1 Å². The molecule has 6 aromatic rings. The molecule has 6 aromatic carbocycles. The summed E-state index contributed by atoms with van der Waals surface area (Å²) in [5.41, 5.74) is 18.5. The molecule has 0 aliphatic rings. The lowest BCUT2D eigenvalue weighted by Crippen LogP contribution is -2.01. The number of hydrogen-bond acceptors (Lipinski definition) is 8. The lowest BCUT2D eigenvalue weighted by Gasteiger charge is -2.09. The Bertz CT molecular complexity index is 2180. The summed E-state index contributed by atoms with van der Waals surface area (Å²) in [4.78, 5) is -0.277. The van der Waals surface area contributed by atoms with E-state index in [9.17, 15) is 13.0 Å². The van der Waals surface area contributed by atoms with Crippen molar-refractivity contribution < 1.29 is 13.0 Å². The molecule has 0 unspecified atom stereocenters. The van der Waals surface area contributed by atoms with Gasteiger partial charge in [0.25, 0.3) is 10.1 Å². The molecular weight excluding hydrogens is 560 g/mol. The summed E-state index contributed by atoms with van der Waals surface area (Å²) in [5, 5.41) is 20.0. The molecule has 0 heterocycles. The number of nitrogens with two attached hydrogens (primary N) is 2. The van der Waals surface area contributed by atoms with E-state index in [2.05, 4.69) is 20.5 Å². The topological polar surface area (TPSA) is 156 Å². The van der Waals surface area contributed by atoms with Crippen molar-refractivity contribution in [3.8, 4) is 11.1 Å². The van der Waals surface area contributed by atoms with E-state index in [0.29, 0.717) is 33.5 Å². The van der Waals surface area contributed by atoms with Crippen LogP contribution < -0.4 is 11.5 Å². The van der Waals surface area contributed by atoms with E-state index in [1.54, 1.807) is 36.4 Å². The van der Waals surface area contributed by atoms with Gasteiger partial charge in [-0.05, 0) is 65.4 Å². The van der Waals surface area contributed by atoms with Crippen LogP contribution in [0.3, 0.4) is 0 Å². The van der Waals surface area contributed by atoms with Crippen molar-refractivity contribution in [2.24, 2.45) is 20.5 Å². The van der Waals surface area contributed by atoms with Crippen LogP contribution in [0, 0.1) is 6.92 Å². The number of hydrogen-bond donors (Lipinski definition) is 3. The minimum Gasteiger partial charge on any atom is -0.396 e. The average Bonchev–Trinajstić information content (AvgIpc) is 3.02. The number of nitrogens with zero attached hydrogens (tertiary/aromatic N) is 4. The Labute approximate surface area is 248 Å². The van der Waals surface area contributed by atoms with Gasteiger partial charge in [0, 0.05) is 16.2 Å². The van der Waals surface area contributed by atoms with Gasteiger partial charge in [0.05, 0.1) is 22.7 Å². The van der Waals surface area contributed by atoms with E-state index in [1.165, 1.54) is 6.07 Å². The van der Waals surface area contributed by atoms with Crippen molar-refractivity contribution in [3.05, 3.63) is 115 Å². The Balaban J connectivity index is 1.20. The summed E-state index contributed by atoms with van der Waals surface area (Å²) in [7, 11) is -4.50. The van der Waals surface area contributed by atoms with Gasteiger partial charge < -0.3 is 11.5 Å². The number of fused-ring (bicyclic) bond motifs is 2. The second-order valence-corrected chi connectivity index (χ2v) is 11.4. The third-order valence-electron chi connectivity index (χ3n) is 7.19. The largest absolute Gasteiger partial charge is 0.396 e. The molecule has 0 radical (unpaired) electrons. The van der Waals surface area contributed by atoms with Crippen LogP contribution in [0.15, 0.2) is 135 Å². The van der Waals surface area contributed by atoms with Crippen LogP contribution in [0.1, 0.15) is 5.56 Å². The zero-order valence-electron chi connectivity index (χ0n) is 23.0. The van der Waals surface area contributed by atoms with Gasteiger partial charge in [-0.15, -0.1) is 10.2 Å². The molecule has 0 spiro atoms. The van der Waals surface area contributed by atoms with E-state index in [1.807, 2.05) is 73.7 Å². The van der Waals surface area contributed by atoms with Crippen molar-refractivity contribution >= 4 is 65.8 Å². The highest BCUT2D eigenvalue weighted by Gasteiger charge is 2.18. The zero-order valence-corrected chi connectivity index (χ0v) is 23.8. The minimum atomic E-state index is -4.50. The molecule has 9 nitrogen and oxygen atoms in total. The van der Waals surface area contributed by atoms with E-state index >= 15 is 0 Å². The number of anilines is 2. The van der Waals surface area contributed by atoms with Gasteiger partial charge in [0.2, 0.25) is 0 Å². The molecule has 0 aliphatic heterocycles. The lowest BCUT2D eigenvalue weighted by molar-refractivity contribution is 0.484.